The summed E-state index contributed by atoms with van der Waals surface area (Å²) in [6.45, 7) is 15.1. The van der Waals surface area contributed by atoms with E-state index in [-0.39, 0.29) is 0 Å². The Bertz CT molecular complexity index is 1660. The van der Waals surface area contributed by atoms with Crippen molar-refractivity contribution >= 4 is 28.5 Å². The first kappa shape index (κ1) is 32.5. The SMILES string of the molecule is CCN(C(C)=CC=C1CC/C(=C\C=C(/C)N(CC)c2ccccc2C)C1=[N+](c1ccccc1)c1ccccc1)c1ccccc1C. The number of allylic oxidation sites excluding steroid dienone is 8. The second-order valence-corrected chi connectivity index (χ2v) is 11.9. The van der Waals surface area contributed by atoms with Gasteiger partial charge in [0.1, 0.15) is 0 Å². The molecule has 1 aliphatic carbocycles. The second-order valence-electron chi connectivity index (χ2n) is 11.9. The van der Waals surface area contributed by atoms with Crippen LogP contribution < -0.4 is 14.4 Å². The summed E-state index contributed by atoms with van der Waals surface area (Å²) in [4.78, 5) is 4.81. The minimum Gasteiger partial charge on any atom is -0.345 e. The van der Waals surface area contributed by atoms with Gasteiger partial charge in [-0.25, -0.2) is 0 Å². The van der Waals surface area contributed by atoms with Gasteiger partial charge in [0.25, 0.3) is 0 Å². The first-order valence-corrected chi connectivity index (χ1v) is 16.6. The number of para-hydroxylation sites is 4. The number of nitrogens with zero attached hydrogens (tertiary/aromatic N) is 3. The van der Waals surface area contributed by atoms with Crippen LogP contribution in [-0.4, -0.2) is 18.8 Å². The quantitative estimate of drug-likeness (QED) is 0.166. The van der Waals surface area contributed by atoms with E-state index in [1.54, 1.807) is 0 Å². The Balaban J connectivity index is 1.65. The summed E-state index contributed by atoms with van der Waals surface area (Å²) < 4.78 is 2.44. The van der Waals surface area contributed by atoms with Crippen molar-refractivity contribution in [2.75, 3.05) is 22.9 Å². The lowest BCUT2D eigenvalue weighted by Gasteiger charge is -2.25. The molecule has 1 aliphatic rings. The van der Waals surface area contributed by atoms with Crippen molar-refractivity contribution in [2.24, 2.45) is 0 Å². The summed E-state index contributed by atoms with van der Waals surface area (Å²) in [5, 5.41) is 0. The van der Waals surface area contributed by atoms with Crippen LogP contribution >= 0.6 is 0 Å². The Morgan fingerprint density at radius 2 is 0.935 bits per heavy atom. The van der Waals surface area contributed by atoms with E-state index in [2.05, 4.69) is 189 Å². The van der Waals surface area contributed by atoms with Gasteiger partial charge in [-0.3, -0.25) is 0 Å². The van der Waals surface area contributed by atoms with Gasteiger partial charge in [0.2, 0.25) is 17.1 Å². The van der Waals surface area contributed by atoms with E-state index in [0.29, 0.717) is 0 Å². The maximum Gasteiger partial charge on any atom is 0.218 e. The average molecular weight is 607 g/mol. The Kier molecular flexibility index (Phi) is 10.9. The maximum absolute atomic E-state index is 2.44. The summed E-state index contributed by atoms with van der Waals surface area (Å²) in [6.07, 6.45) is 11.3. The summed E-state index contributed by atoms with van der Waals surface area (Å²) in [6, 6.07) is 38.8. The molecule has 3 nitrogen and oxygen atoms in total. The second kappa shape index (κ2) is 15.4. The smallest absolute Gasteiger partial charge is 0.218 e. The van der Waals surface area contributed by atoms with Crippen molar-refractivity contribution in [3.63, 3.8) is 0 Å². The fourth-order valence-corrected chi connectivity index (χ4v) is 6.46. The van der Waals surface area contributed by atoms with Crippen LogP contribution in [0.25, 0.3) is 0 Å². The highest BCUT2D eigenvalue weighted by molar-refractivity contribution is 6.17. The van der Waals surface area contributed by atoms with Gasteiger partial charge in [-0.15, -0.1) is 0 Å². The van der Waals surface area contributed by atoms with E-state index in [4.69, 9.17) is 0 Å². The number of hydrogen-bond acceptors (Lipinski definition) is 2. The third-order valence-electron chi connectivity index (χ3n) is 8.87. The van der Waals surface area contributed by atoms with Gasteiger partial charge in [-0.2, -0.15) is 4.58 Å². The molecule has 1 fully saturated rings. The molecule has 4 aromatic rings. The normalized spacial score (nSPS) is 15.5. The van der Waals surface area contributed by atoms with Crippen LogP contribution in [-0.2, 0) is 0 Å². The molecule has 0 N–H and O–H groups in total. The Morgan fingerprint density at radius 3 is 1.30 bits per heavy atom. The van der Waals surface area contributed by atoms with E-state index in [1.807, 2.05) is 0 Å². The fraction of sp³-hybridized carbons (Fsp3) is 0.233. The molecule has 0 aliphatic heterocycles. The minimum atomic E-state index is 0.914. The fourth-order valence-electron chi connectivity index (χ4n) is 6.46. The highest BCUT2D eigenvalue weighted by atomic mass is 15.1. The van der Waals surface area contributed by atoms with E-state index < -0.39 is 0 Å². The zero-order valence-corrected chi connectivity index (χ0v) is 28.4. The molecule has 3 heteroatoms. The van der Waals surface area contributed by atoms with Crippen molar-refractivity contribution < 1.29 is 0 Å². The third-order valence-corrected chi connectivity index (χ3v) is 8.87. The van der Waals surface area contributed by atoms with Crippen molar-refractivity contribution in [3.05, 3.63) is 167 Å². The van der Waals surface area contributed by atoms with E-state index in [0.717, 1.165) is 37.3 Å². The largest absolute Gasteiger partial charge is 0.345 e. The molecule has 0 aromatic heterocycles. The molecule has 234 valence electrons. The first-order valence-electron chi connectivity index (χ1n) is 16.6. The van der Waals surface area contributed by atoms with Gasteiger partial charge in [-0.05, 0) is 89.8 Å². The summed E-state index contributed by atoms with van der Waals surface area (Å²) >= 11 is 0. The van der Waals surface area contributed by atoms with Gasteiger partial charge < -0.3 is 9.80 Å². The molecule has 0 amide bonds. The molecule has 0 atom stereocenters. The van der Waals surface area contributed by atoms with Crippen molar-refractivity contribution in [3.8, 4) is 0 Å². The zero-order valence-electron chi connectivity index (χ0n) is 28.4. The molecule has 1 saturated carbocycles. The Labute approximate surface area is 276 Å². The predicted octanol–water partition coefficient (Wildman–Crippen LogP) is 11.1. The van der Waals surface area contributed by atoms with Crippen LogP contribution in [0.5, 0.6) is 0 Å². The topological polar surface area (TPSA) is 9.49 Å². The monoisotopic (exact) mass is 606 g/mol. The molecule has 0 saturated heterocycles. The van der Waals surface area contributed by atoms with Crippen molar-refractivity contribution in [1.29, 1.82) is 0 Å². The molecular formula is C43H48N3+. The maximum atomic E-state index is 2.44. The zero-order chi connectivity index (χ0) is 32.5. The first-order chi connectivity index (χ1) is 22.4. The van der Waals surface area contributed by atoms with Crippen LogP contribution in [0.15, 0.2) is 156 Å². The highest BCUT2D eigenvalue weighted by Gasteiger charge is 2.32. The standard InChI is InChI=1S/C43H48N3/c1-7-44(41-25-17-15-19-33(41)3)35(5)27-29-37-31-32-38(30-28-36(6)45(8-2)42-26-18-16-20-34(42)4)43(37)46(39-21-11-9-12-22-39)40-23-13-10-14-24-40/h9-30H,7-8,31-32H2,1-6H3/q+1. The summed E-state index contributed by atoms with van der Waals surface area (Å²) in [7, 11) is 0. The van der Waals surface area contributed by atoms with Crippen LogP contribution in [0.3, 0.4) is 0 Å². The minimum absolute atomic E-state index is 0.914. The number of hydrogen-bond donors (Lipinski definition) is 0. The van der Waals surface area contributed by atoms with E-state index in [1.165, 1.54) is 50.8 Å². The van der Waals surface area contributed by atoms with E-state index in [9.17, 15) is 0 Å². The van der Waals surface area contributed by atoms with Crippen LogP contribution in [0.4, 0.5) is 22.7 Å². The molecule has 0 unspecified atom stereocenters. The number of benzene rings is 4. The summed E-state index contributed by atoms with van der Waals surface area (Å²) in [5.74, 6) is 0. The van der Waals surface area contributed by atoms with Crippen LogP contribution in [0.1, 0.15) is 51.7 Å². The van der Waals surface area contributed by atoms with Crippen LogP contribution in [0, 0.1) is 13.8 Å². The Hall–Kier alpha value is -4.89. The molecule has 0 spiro atoms. The lowest BCUT2D eigenvalue weighted by atomic mass is 10.1. The molecule has 46 heavy (non-hydrogen) atoms. The van der Waals surface area contributed by atoms with Gasteiger partial charge in [0.15, 0.2) is 0 Å². The summed E-state index contributed by atoms with van der Waals surface area (Å²) in [5.41, 5.74) is 13.8. The predicted molar refractivity (Wildman–Crippen MR) is 201 cm³/mol. The average Bonchev–Trinajstić information content (AvgIpc) is 3.48. The molecule has 5 rings (SSSR count). The van der Waals surface area contributed by atoms with Gasteiger partial charge in [-0.1, -0.05) is 84.9 Å². The van der Waals surface area contributed by atoms with Gasteiger partial charge in [0, 0.05) is 71.3 Å². The third kappa shape index (κ3) is 7.32. The number of anilines is 2. The number of rotatable bonds is 10. The molecule has 4 aromatic carbocycles. The van der Waals surface area contributed by atoms with Crippen molar-refractivity contribution in [1.82, 2.24) is 4.58 Å². The molecular weight excluding hydrogens is 558 g/mol. The highest BCUT2D eigenvalue weighted by Crippen LogP contribution is 2.34. The van der Waals surface area contributed by atoms with Crippen molar-refractivity contribution in [2.45, 2.75) is 54.4 Å². The lowest BCUT2D eigenvalue weighted by Crippen LogP contribution is -2.21. The molecule has 0 bridgehead atoms. The molecule has 0 heterocycles. The van der Waals surface area contributed by atoms with E-state index >= 15 is 0 Å². The van der Waals surface area contributed by atoms with Gasteiger partial charge in [0.05, 0.1) is 0 Å². The van der Waals surface area contributed by atoms with Gasteiger partial charge >= 0.3 is 0 Å². The number of aryl methyl sites for hydroxylation is 2. The Morgan fingerprint density at radius 1 is 0.565 bits per heavy atom. The lowest BCUT2D eigenvalue weighted by molar-refractivity contribution is 0.946. The van der Waals surface area contributed by atoms with Crippen LogP contribution in [0.2, 0.25) is 0 Å². The molecule has 0 radical (unpaired) electrons.